The van der Waals surface area contributed by atoms with E-state index >= 15 is 0 Å². The molecule has 2 rings (SSSR count). The van der Waals surface area contributed by atoms with Gasteiger partial charge in [-0.2, -0.15) is 0 Å². The van der Waals surface area contributed by atoms with E-state index in [0.29, 0.717) is 6.42 Å². The predicted octanol–water partition coefficient (Wildman–Crippen LogP) is 3.70. The maximum absolute atomic E-state index is 8.97. The summed E-state index contributed by atoms with van der Waals surface area (Å²) in [6, 6.07) is 18.4. The summed E-state index contributed by atoms with van der Waals surface area (Å²) in [6.45, 7) is 1.98. The van der Waals surface area contributed by atoms with Crippen molar-refractivity contribution in [3.63, 3.8) is 0 Å². The van der Waals surface area contributed by atoms with E-state index in [1.54, 1.807) is 0 Å². The van der Waals surface area contributed by atoms with Crippen molar-refractivity contribution in [3.05, 3.63) is 60.2 Å². The number of hydrogen-bond acceptors (Lipinski definition) is 3. The lowest BCUT2D eigenvalue weighted by Gasteiger charge is -2.20. The fourth-order valence-corrected chi connectivity index (χ4v) is 2.35. The zero-order valence-electron chi connectivity index (χ0n) is 11.6. The van der Waals surface area contributed by atoms with Gasteiger partial charge in [-0.15, -0.1) is 0 Å². The van der Waals surface area contributed by atoms with Crippen LogP contribution in [0, 0.1) is 0 Å². The van der Waals surface area contributed by atoms with Crippen LogP contribution in [-0.2, 0) is 4.89 Å². The number of aliphatic hydroxyl groups excluding tert-OH is 1. The first-order valence-electron chi connectivity index (χ1n) is 6.82. The molecule has 2 aromatic rings. The summed E-state index contributed by atoms with van der Waals surface area (Å²) in [6.07, 6.45) is 0.0283. The lowest BCUT2D eigenvalue weighted by atomic mass is 9.92. The molecule has 2 atom stereocenters. The van der Waals surface area contributed by atoms with Gasteiger partial charge < -0.3 is 5.11 Å². The Kier molecular flexibility index (Phi) is 5.30. The molecule has 2 unspecified atom stereocenters. The Morgan fingerprint density at radius 1 is 0.950 bits per heavy atom. The molecular weight excluding hydrogens is 252 g/mol. The van der Waals surface area contributed by atoms with Gasteiger partial charge in [0.25, 0.3) is 0 Å². The van der Waals surface area contributed by atoms with Gasteiger partial charge in [0.15, 0.2) is 0 Å². The van der Waals surface area contributed by atoms with Gasteiger partial charge in [0.2, 0.25) is 0 Å². The zero-order chi connectivity index (χ0) is 14.4. The summed E-state index contributed by atoms with van der Waals surface area (Å²) in [5.41, 5.74) is 3.42. The fraction of sp³-hybridized carbons (Fsp3) is 0.294. The quantitative estimate of drug-likeness (QED) is 0.622. The van der Waals surface area contributed by atoms with Crippen molar-refractivity contribution in [2.45, 2.75) is 25.4 Å². The van der Waals surface area contributed by atoms with Crippen molar-refractivity contribution in [1.29, 1.82) is 0 Å². The van der Waals surface area contributed by atoms with E-state index in [-0.39, 0.29) is 18.6 Å². The van der Waals surface area contributed by atoms with Gasteiger partial charge in [0.1, 0.15) is 6.10 Å². The smallest absolute Gasteiger partial charge is 0.101 e. The van der Waals surface area contributed by atoms with E-state index in [1.807, 2.05) is 37.3 Å². The van der Waals surface area contributed by atoms with Crippen LogP contribution in [0.1, 0.15) is 24.8 Å². The topological polar surface area (TPSA) is 49.7 Å². The Balaban J connectivity index is 2.15. The molecule has 0 aliphatic carbocycles. The highest BCUT2D eigenvalue weighted by atomic mass is 17.1. The summed E-state index contributed by atoms with van der Waals surface area (Å²) in [4.78, 5) is 4.46. The van der Waals surface area contributed by atoms with Crippen molar-refractivity contribution in [1.82, 2.24) is 0 Å². The van der Waals surface area contributed by atoms with Gasteiger partial charge in [-0.25, -0.2) is 4.89 Å². The molecule has 0 spiro atoms. The molecule has 0 aliphatic rings. The second kappa shape index (κ2) is 7.20. The third-order valence-electron chi connectivity index (χ3n) is 3.65. The molecule has 106 valence electrons. The van der Waals surface area contributed by atoms with Crippen LogP contribution in [0.25, 0.3) is 11.1 Å². The van der Waals surface area contributed by atoms with Gasteiger partial charge in [0, 0.05) is 18.9 Å². The number of rotatable bonds is 6. The first-order valence-corrected chi connectivity index (χ1v) is 6.82. The summed E-state index contributed by atoms with van der Waals surface area (Å²) >= 11 is 0. The summed E-state index contributed by atoms with van der Waals surface area (Å²) in [7, 11) is 0. The predicted molar refractivity (Wildman–Crippen MR) is 79.5 cm³/mol. The SMILES string of the molecule is CC(c1ccc(-c2ccccc2)cc1)C(CCO)OO. The Morgan fingerprint density at radius 2 is 1.55 bits per heavy atom. The molecule has 2 aromatic carbocycles. The third-order valence-corrected chi connectivity index (χ3v) is 3.65. The van der Waals surface area contributed by atoms with Crippen LogP contribution in [0.15, 0.2) is 54.6 Å². The first kappa shape index (κ1) is 14.7. The zero-order valence-corrected chi connectivity index (χ0v) is 11.6. The maximum Gasteiger partial charge on any atom is 0.101 e. The van der Waals surface area contributed by atoms with Crippen LogP contribution in [0.2, 0.25) is 0 Å². The number of aliphatic hydroxyl groups is 1. The highest BCUT2D eigenvalue weighted by Crippen LogP contribution is 2.26. The lowest BCUT2D eigenvalue weighted by molar-refractivity contribution is -0.285. The maximum atomic E-state index is 8.97. The van der Waals surface area contributed by atoms with Gasteiger partial charge in [-0.3, -0.25) is 5.26 Å². The van der Waals surface area contributed by atoms with Crippen LogP contribution in [0.4, 0.5) is 0 Å². The van der Waals surface area contributed by atoms with Crippen molar-refractivity contribution < 1.29 is 15.3 Å². The van der Waals surface area contributed by atoms with Crippen LogP contribution in [-0.4, -0.2) is 23.1 Å². The standard InChI is InChI=1S/C17H20O3/c1-13(17(20-19)11-12-18)14-7-9-16(10-8-14)15-5-3-2-4-6-15/h2-10,13,17-19H,11-12H2,1H3. The normalized spacial score (nSPS) is 13.9. The van der Waals surface area contributed by atoms with Gasteiger partial charge >= 0.3 is 0 Å². The number of hydrogen-bond donors (Lipinski definition) is 2. The minimum atomic E-state index is -0.387. The molecule has 3 nitrogen and oxygen atoms in total. The van der Waals surface area contributed by atoms with E-state index in [4.69, 9.17) is 10.4 Å². The molecule has 0 saturated heterocycles. The second-order valence-corrected chi connectivity index (χ2v) is 4.93. The molecule has 20 heavy (non-hydrogen) atoms. The van der Waals surface area contributed by atoms with Crippen molar-refractivity contribution in [3.8, 4) is 11.1 Å². The molecule has 0 aliphatic heterocycles. The van der Waals surface area contributed by atoms with Crippen molar-refractivity contribution >= 4 is 0 Å². The van der Waals surface area contributed by atoms with Gasteiger partial charge in [-0.1, -0.05) is 61.5 Å². The number of benzene rings is 2. The van der Waals surface area contributed by atoms with Crippen LogP contribution in [0.5, 0.6) is 0 Å². The Labute approximate surface area is 119 Å². The Morgan fingerprint density at radius 3 is 2.10 bits per heavy atom. The minimum absolute atomic E-state index is 0.00232. The average Bonchev–Trinajstić information content (AvgIpc) is 2.53. The molecule has 0 bridgehead atoms. The summed E-state index contributed by atoms with van der Waals surface area (Å²) in [5.74, 6) is 0.0250. The van der Waals surface area contributed by atoms with Crippen LogP contribution < -0.4 is 0 Å². The first-order chi connectivity index (χ1) is 9.76. The molecule has 0 heterocycles. The fourth-order valence-electron chi connectivity index (χ4n) is 2.35. The average molecular weight is 272 g/mol. The summed E-state index contributed by atoms with van der Waals surface area (Å²) in [5, 5.41) is 17.9. The Bertz CT molecular complexity index is 508. The molecule has 0 aromatic heterocycles. The molecule has 0 amide bonds. The molecule has 0 fully saturated rings. The molecule has 3 heteroatoms. The highest BCUT2D eigenvalue weighted by Gasteiger charge is 2.19. The van der Waals surface area contributed by atoms with Crippen LogP contribution in [0.3, 0.4) is 0 Å². The van der Waals surface area contributed by atoms with Crippen LogP contribution >= 0.6 is 0 Å². The summed E-state index contributed by atoms with van der Waals surface area (Å²) < 4.78 is 0. The Hall–Kier alpha value is -1.68. The molecule has 0 radical (unpaired) electrons. The molecule has 2 N–H and O–H groups in total. The van der Waals surface area contributed by atoms with Gasteiger partial charge in [0.05, 0.1) is 0 Å². The van der Waals surface area contributed by atoms with E-state index < -0.39 is 0 Å². The van der Waals surface area contributed by atoms with E-state index in [9.17, 15) is 0 Å². The lowest BCUT2D eigenvalue weighted by Crippen LogP contribution is -2.20. The van der Waals surface area contributed by atoms with E-state index in [0.717, 1.165) is 11.1 Å². The van der Waals surface area contributed by atoms with Crippen molar-refractivity contribution in [2.24, 2.45) is 0 Å². The highest BCUT2D eigenvalue weighted by molar-refractivity contribution is 5.63. The van der Waals surface area contributed by atoms with Gasteiger partial charge in [-0.05, 0) is 16.7 Å². The second-order valence-electron chi connectivity index (χ2n) is 4.93. The van der Waals surface area contributed by atoms with E-state index in [1.165, 1.54) is 5.56 Å². The molecular formula is C17H20O3. The minimum Gasteiger partial charge on any atom is -0.396 e. The third kappa shape index (κ3) is 3.45. The largest absolute Gasteiger partial charge is 0.396 e. The van der Waals surface area contributed by atoms with E-state index in [2.05, 4.69) is 29.2 Å². The monoisotopic (exact) mass is 272 g/mol. The van der Waals surface area contributed by atoms with Crippen molar-refractivity contribution in [2.75, 3.05) is 6.61 Å². The molecule has 0 saturated carbocycles.